The summed E-state index contributed by atoms with van der Waals surface area (Å²) >= 11 is 3.01. The molecule has 0 saturated heterocycles. The van der Waals surface area contributed by atoms with Crippen LogP contribution < -0.4 is 5.32 Å². The molecular weight excluding hydrogens is 440 g/mol. The van der Waals surface area contributed by atoms with Crippen LogP contribution in [0.5, 0.6) is 0 Å². The van der Waals surface area contributed by atoms with Gasteiger partial charge in [0.25, 0.3) is 5.91 Å². The lowest BCUT2D eigenvalue weighted by molar-refractivity contribution is 0.0915. The first kappa shape index (κ1) is 22.2. The second-order valence-electron chi connectivity index (χ2n) is 8.29. The summed E-state index contributed by atoms with van der Waals surface area (Å²) in [5.41, 5.74) is 3.17. The van der Waals surface area contributed by atoms with E-state index in [1.54, 1.807) is 29.5 Å². The van der Waals surface area contributed by atoms with E-state index in [9.17, 15) is 4.79 Å². The summed E-state index contributed by atoms with van der Waals surface area (Å²) in [4.78, 5) is 21.1. The van der Waals surface area contributed by atoms with Gasteiger partial charge in [-0.2, -0.15) is 0 Å². The molecule has 0 saturated carbocycles. The number of nitrogens with one attached hydrogen (secondary N) is 1. The van der Waals surface area contributed by atoms with Gasteiger partial charge in [-0.15, -0.1) is 21.5 Å². The number of para-hydroxylation sites is 1. The molecule has 0 aliphatic heterocycles. The number of thiazole rings is 1. The molecule has 4 rings (SSSR count). The third-order valence-corrected chi connectivity index (χ3v) is 6.48. The number of thioether (sulfide) groups is 1. The summed E-state index contributed by atoms with van der Waals surface area (Å²) < 4.78 is 2.05. The van der Waals surface area contributed by atoms with Gasteiger partial charge in [-0.05, 0) is 51.5 Å². The molecule has 7 nitrogen and oxygen atoms in total. The Bertz CT molecular complexity index is 1230. The Hall–Kier alpha value is -3.04. The van der Waals surface area contributed by atoms with E-state index in [4.69, 9.17) is 0 Å². The predicted octanol–water partition coefficient (Wildman–Crippen LogP) is 4.91. The molecule has 1 amide bonds. The highest BCUT2D eigenvalue weighted by molar-refractivity contribution is 7.98. The fraction of sp³-hybridized carbons (Fsp3) is 0.261. The highest BCUT2D eigenvalue weighted by Crippen LogP contribution is 2.31. The number of benzene rings is 1. The van der Waals surface area contributed by atoms with Crippen molar-refractivity contribution in [1.29, 1.82) is 0 Å². The van der Waals surface area contributed by atoms with E-state index in [0.29, 0.717) is 11.4 Å². The Balaban J connectivity index is 1.61. The van der Waals surface area contributed by atoms with E-state index < -0.39 is 0 Å². The average Bonchev–Trinajstić information content (AvgIpc) is 3.39. The molecule has 32 heavy (non-hydrogen) atoms. The molecule has 1 N–H and O–H groups in total. The maximum atomic E-state index is 12.4. The van der Waals surface area contributed by atoms with Crippen molar-refractivity contribution in [3.8, 4) is 17.1 Å². The van der Waals surface area contributed by atoms with Gasteiger partial charge in [0.1, 0.15) is 10.7 Å². The number of rotatable bonds is 6. The Morgan fingerprint density at radius 1 is 1.16 bits per heavy atom. The highest BCUT2D eigenvalue weighted by Gasteiger charge is 2.20. The number of aromatic nitrogens is 5. The number of nitrogens with zero attached hydrogens (tertiary/aromatic N) is 5. The minimum atomic E-state index is -0.303. The summed E-state index contributed by atoms with van der Waals surface area (Å²) in [6, 6.07) is 12.0. The van der Waals surface area contributed by atoms with Crippen LogP contribution in [0.1, 0.15) is 41.8 Å². The van der Waals surface area contributed by atoms with Gasteiger partial charge in [0, 0.05) is 28.9 Å². The van der Waals surface area contributed by atoms with Crippen LogP contribution in [0, 0.1) is 6.92 Å². The second-order valence-corrected chi connectivity index (χ2v) is 10.2. The summed E-state index contributed by atoms with van der Waals surface area (Å²) in [7, 11) is 0. The quantitative estimate of drug-likeness (QED) is 0.408. The third-order valence-electron chi connectivity index (χ3n) is 4.51. The van der Waals surface area contributed by atoms with Crippen molar-refractivity contribution in [2.24, 2.45) is 0 Å². The Kier molecular flexibility index (Phi) is 6.38. The molecule has 3 aromatic heterocycles. The maximum absolute atomic E-state index is 12.4. The molecule has 4 aromatic rings. The van der Waals surface area contributed by atoms with Gasteiger partial charge in [0.05, 0.1) is 11.4 Å². The van der Waals surface area contributed by atoms with Gasteiger partial charge in [-0.3, -0.25) is 14.3 Å². The minimum Gasteiger partial charge on any atom is -0.346 e. The number of carbonyl (C=O) groups is 1. The first-order valence-corrected chi connectivity index (χ1v) is 12.0. The van der Waals surface area contributed by atoms with E-state index in [1.165, 1.54) is 11.3 Å². The number of carbonyl (C=O) groups excluding carboxylic acids is 1. The van der Waals surface area contributed by atoms with Gasteiger partial charge < -0.3 is 5.32 Å². The largest absolute Gasteiger partial charge is 0.346 e. The molecule has 9 heteroatoms. The molecule has 0 spiro atoms. The van der Waals surface area contributed by atoms with Crippen LogP contribution in [0.3, 0.4) is 0 Å². The van der Waals surface area contributed by atoms with Gasteiger partial charge in [-0.1, -0.05) is 30.0 Å². The Morgan fingerprint density at radius 3 is 2.69 bits per heavy atom. The average molecular weight is 465 g/mol. The van der Waals surface area contributed by atoms with Crippen LogP contribution in [0.4, 0.5) is 0 Å². The third kappa shape index (κ3) is 5.05. The number of aryl methyl sites for hydroxylation is 1. The SMILES string of the molecule is Cc1ccccc1-n1c(SCc2nc(C(=O)NC(C)(C)C)cs2)nnc1-c1cccnc1. The van der Waals surface area contributed by atoms with E-state index in [2.05, 4.69) is 49.1 Å². The molecular formula is C23H24N6OS2. The lowest BCUT2D eigenvalue weighted by atomic mass is 10.1. The van der Waals surface area contributed by atoms with Gasteiger partial charge in [0.2, 0.25) is 0 Å². The minimum absolute atomic E-state index is 0.160. The molecule has 0 radical (unpaired) electrons. The predicted molar refractivity (Wildman–Crippen MR) is 128 cm³/mol. The summed E-state index contributed by atoms with van der Waals surface area (Å²) in [5.74, 6) is 1.16. The maximum Gasteiger partial charge on any atom is 0.271 e. The van der Waals surface area contributed by atoms with Crippen LogP contribution in [0.15, 0.2) is 59.3 Å². The van der Waals surface area contributed by atoms with Crippen molar-refractivity contribution in [2.45, 2.75) is 44.1 Å². The van der Waals surface area contributed by atoms with E-state index in [1.807, 2.05) is 45.0 Å². The lowest BCUT2D eigenvalue weighted by Crippen LogP contribution is -2.40. The lowest BCUT2D eigenvalue weighted by Gasteiger charge is -2.19. The summed E-state index contributed by atoms with van der Waals surface area (Å²) in [6.07, 6.45) is 3.53. The van der Waals surface area contributed by atoms with E-state index in [-0.39, 0.29) is 11.4 Å². The van der Waals surface area contributed by atoms with Gasteiger partial charge >= 0.3 is 0 Å². The summed E-state index contributed by atoms with van der Waals surface area (Å²) in [6.45, 7) is 7.92. The molecule has 1 aromatic carbocycles. The zero-order valence-electron chi connectivity index (χ0n) is 18.4. The Morgan fingerprint density at radius 2 is 1.97 bits per heavy atom. The fourth-order valence-electron chi connectivity index (χ4n) is 3.09. The number of pyridine rings is 1. The Labute approximate surface area is 195 Å². The molecule has 164 valence electrons. The van der Waals surface area contributed by atoms with Crippen LogP contribution in [-0.4, -0.2) is 36.2 Å². The van der Waals surface area contributed by atoms with Crippen LogP contribution in [0.2, 0.25) is 0 Å². The van der Waals surface area contributed by atoms with Crippen molar-refractivity contribution < 1.29 is 4.79 Å². The number of hydrogen-bond donors (Lipinski definition) is 1. The summed E-state index contributed by atoms with van der Waals surface area (Å²) in [5, 5.41) is 15.3. The number of amides is 1. The highest BCUT2D eigenvalue weighted by atomic mass is 32.2. The van der Waals surface area contributed by atoms with Crippen molar-refractivity contribution >= 4 is 29.0 Å². The second kappa shape index (κ2) is 9.22. The van der Waals surface area contributed by atoms with Crippen molar-refractivity contribution in [2.75, 3.05) is 0 Å². The van der Waals surface area contributed by atoms with Crippen LogP contribution >= 0.6 is 23.1 Å². The normalized spacial score (nSPS) is 11.5. The topological polar surface area (TPSA) is 85.6 Å². The molecule has 0 fully saturated rings. The molecule has 0 bridgehead atoms. The first-order valence-electron chi connectivity index (χ1n) is 10.1. The standard InChI is InChI=1S/C23H24N6OS2/c1-15-8-5-6-10-18(15)29-20(16-9-7-11-24-12-16)27-28-22(29)32-14-19-25-17(13-31-19)21(30)26-23(2,3)4/h5-13H,14H2,1-4H3,(H,26,30). The van der Waals surface area contributed by atoms with Crippen molar-refractivity contribution in [3.63, 3.8) is 0 Å². The van der Waals surface area contributed by atoms with Crippen molar-refractivity contribution in [1.82, 2.24) is 30.0 Å². The zero-order chi connectivity index (χ0) is 22.7. The smallest absolute Gasteiger partial charge is 0.271 e. The monoisotopic (exact) mass is 464 g/mol. The molecule has 0 aliphatic carbocycles. The molecule has 0 aliphatic rings. The van der Waals surface area contributed by atoms with Crippen molar-refractivity contribution in [3.05, 3.63) is 70.4 Å². The molecule has 0 unspecified atom stereocenters. The van der Waals surface area contributed by atoms with Gasteiger partial charge in [-0.25, -0.2) is 4.98 Å². The van der Waals surface area contributed by atoms with E-state index >= 15 is 0 Å². The van der Waals surface area contributed by atoms with Gasteiger partial charge in [0.15, 0.2) is 11.0 Å². The fourth-order valence-corrected chi connectivity index (χ4v) is 4.83. The van der Waals surface area contributed by atoms with Crippen LogP contribution in [0.25, 0.3) is 17.1 Å². The number of hydrogen-bond acceptors (Lipinski definition) is 7. The zero-order valence-corrected chi connectivity index (χ0v) is 20.0. The molecule has 3 heterocycles. The molecule has 0 atom stereocenters. The van der Waals surface area contributed by atoms with E-state index in [0.717, 1.165) is 32.8 Å². The first-order chi connectivity index (χ1) is 15.3. The van der Waals surface area contributed by atoms with Crippen LogP contribution in [-0.2, 0) is 5.75 Å².